The first-order chi connectivity index (χ1) is 8.70. The van der Waals surface area contributed by atoms with Gasteiger partial charge in [0.25, 0.3) is 11.5 Å². The summed E-state index contributed by atoms with van der Waals surface area (Å²) in [7, 11) is 0. The van der Waals surface area contributed by atoms with Crippen molar-refractivity contribution in [2.45, 2.75) is 0 Å². The van der Waals surface area contributed by atoms with Crippen LogP contribution in [0.25, 0.3) is 0 Å². The molecule has 0 aliphatic carbocycles. The normalized spacial score (nSPS) is 9.83. The van der Waals surface area contributed by atoms with Crippen molar-refractivity contribution in [3.63, 3.8) is 0 Å². The van der Waals surface area contributed by atoms with Crippen LogP contribution in [0.5, 0.6) is 0 Å². The lowest BCUT2D eigenvalue weighted by molar-refractivity contribution is 0.102. The van der Waals surface area contributed by atoms with Gasteiger partial charge in [0.05, 0.1) is 11.3 Å². The third-order valence-corrected chi connectivity index (χ3v) is 2.14. The van der Waals surface area contributed by atoms with Gasteiger partial charge >= 0.3 is 0 Å². The highest BCUT2D eigenvalue weighted by molar-refractivity contribution is 6.07. The van der Waals surface area contributed by atoms with Gasteiger partial charge in [-0.2, -0.15) is 5.10 Å². The molecule has 0 atom stereocenters. The summed E-state index contributed by atoms with van der Waals surface area (Å²) in [5, 5.41) is 8.37. The Balaban J connectivity index is 2.21. The van der Waals surface area contributed by atoms with Gasteiger partial charge < -0.3 is 10.7 Å². The van der Waals surface area contributed by atoms with Gasteiger partial charge in [0.1, 0.15) is 0 Å². The van der Waals surface area contributed by atoms with Crippen molar-refractivity contribution in [1.29, 1.82) is 0 Å². The number of nitrogens with one attached hydrogen (secondary N) is 3. The number of aromatic nitrogens is 3. The van der Waals surface area contributed by atoms with Gasteiger partial charge in [-0.25, -0.2) is 5.10 Å². The fourth-order valence-corrected chi connectivity index (χ4v) is 1.30. The van der Waals surface area contributed by atoms with E-state index in [1.54, 1.807) is 6.07 Å². The number of hydrazine groups is 1. The Morgan fingerprint density at radius 1 is 1.33 bits per heavy atom. The highest BCUT2D eigenvalue weighted by atomic mass is 16.2. The highest BCUT2D eigenvalue weighted by Gasteiger charge is 2.11. The maximum Gasteiger partial charge on any atom is 0.264 e. The predicted octanol–water partition coefficient (Wildman–Crippen LogP) is -0.297. The molecule has 8 nitrogen and oxygen atoms in total. The van der Waals surface area contributed by atoms with Gasteiger partial charge in [-0.05, 0) is 12.1 Å². The lowest BCUT2D eigenvalue weighted by atomic mass is 10.2. The minimum Gasteiger partial charge on any atom is -0.323 e. The van der Waals surface area contributed by atoms with Crippen molar-refractivity contribution in [3.05, 3.63) is 46.5 Å². The maximum absolute atomic E-state index is 11.9. The molecule has 0 fully saturated rings. The number of carbonyl (C=O) groups excluding carboxylic acids is 1. The number of amides is 1. The van der Waals surface area contributed by atoms with E-state index in [0.29, 0.717) is 5.69 Å². The topological polar surface area (TPSA) is 126 Å². The van der Waals surface area contributed by atoms with Crippen LogP contribution in [-0.4, -0.2) is 21.1 Å². The van der Waals surface area contributed by atoms with Crippen LogP contribution < -0.4 is 22.1 Å². The largest absolute Gasteiger partial charge is 0.323 e. The number of carbonyl (C=O) groups is 1. The molecule has 0 saturated heterocycles. The Labute approximate surface area is 101 Å². The molecule has 0 aliphatic rings. The monoisotopic (exact) mass is 246 g/mol. The second kappa shape index (κ2) is 5.06. The Morgan fingerprint density at radius 3 is 2.83 bits per heavy atom. The quantitative estimate of drug-likeness (QED) is 0.435. The molecule has 2 rings (SSSR count). The molecule has 0 spiro atoms. The first-order valence-corrected chi connectivity index (χ1v) is 4.98. The third-order valence-electron chi connectivity index (χ3n) is 2.14. The fraction of sp³-hybridized carbons (Fsp3) is 0. The van der Waals surface area contributed by atoms with Crippen molar-refractivity contribution >= 4 is 17.4 Å². The smallest absolute Gasteiger partial charge is 0.264 e. The Bertz CT molecular complexity index is 603. The summed E-state index contributed by atoms with van der Waals surface area (Å²) in [6.45, 7) is 0. The first kappa shape index (κ1) is 11.7. The van der Waals surface area contributed by atoms with E-state index >= 15 is 0 Å². The van der Waals surface area contributed by atoms with Crippen LogP contribution in [0.15, 0.2) is 35.4 Å². The number of anilines is 2. The SMILES string of the molecule is NNc1ccncc1C(=O)Nc1ccc(=O)[nH]n1. The number of hydrogen-bond donors (Lipinski definition) is 4. The predicted molar refractivity (Wildman–Crippen MR) is 64.9 cm³/mol. The number of nitrogens with zero attached hydrogens (tertiary/aromatic N) is 2. The van der Waals surface area contributed by atoms with E-state index in [2.05, 4.69) is 25.9 Å². The van der Waals surface area contributed by atoms with Crippen molar-refractivity contribution in [3.8, 4) is 0 Å². The standard InChI is InChI=1S/C10H10N6O2/c11-14-7-3-4-12-5-6(7)10(18)13-8-1-2-9(17)16-15-8/h1-5H,11H2,(H,12,14)(H,16,17)(H,13,15,18). The summed E-state index contributed by atoms with van der Waals surface area (Å²) < 4.78 is 0. The molecule has 0 saturated carbocycles. The van der Waals surface area contributed by atoms with E-state index in [1.807, 2.05) is 0 Å². The highest BCUT2D eigenvalue weighted by Crippen LogP contribution is 2.13. The van der Waals surface area contributed by atoms with E-state index in [1.165, 1.54) is 24.5 Å². The average Bonchev–Trinajstić information content (AvgIpc) is 2.41. The summed E-state index contributed by atoms with van der Waals surface area (Å²) in [6.07, 6.45) is 2.88. The van der Waals surface area contributed by atoms with Gasteiger partial charge in [-0.1, -0.05) is 0 Å². The fourth-order valence-electron chi connectivity index (χ4n) is 1.30. The molecule has 0 aromatic carbocycles. The number of H-pyrrole nitrogens is 1. The van der Waals surface area contributed by atoms with E-state index < -0.39 is 5.91 Å². The number of rotatable bonds is 3. The van der Waals surface area contributed by atoms with Gasteiger partial charge in [0.15, 0.2) is 5.82 Å². The summed E-state index contributed by atoms with van der Waals surface area (Å²) in [4.78, 5) is 26.5. The third kappa shape index (κ3) is 2.50. The summed E-state index contributed by atoms with van der Waals surface area (Å²) in [5.74, 6) is 5.07. The summed E-state index contributed by atoms with van der Waals surface area (Å²) in [6, 6.07) is 4.21. The second-order valence-electron chi connectivity index (χ2n) is 3.33. The summed E-state index contributed by atoms with van der Waals surface area (Å²) in [5.41, 5.74) is 2.75. The lowest BCUT2D eigenvalue weighted by Crippen LogP contribution is -2.19. The maximum atomic E-state index is 11.9. The molecule has 5 N–H and O–H groups in total. The number of pyridine rings is 1. The van der Waals surface area contributed by atoms with Crippen molar-refractivity contribution in [2.24, 2.45) is 5.84 Å². The molecule has 2 aromatic rings. The van der Waals surface area contributed by atoms with Crippen LogP contribution in [0.1, 0.15) is 10.4 Å². The minimum atomic E-state index is -0.435. The van der Waals surface area contributed by atoms with Crippen molar-refractivity contribution in [2.75, 3.05) is 10.7 Å². The second-order valence-corrected chi connectivity index (χ2v) is 3.33. The van der Waals surface area contributed by atoms with Crippen molar-refractivity contribution in [1.82, 2.24) is 15.2 Å². The van der Waals surface area contributed by atoms with Gasteiger partial charge in [0.2, 0.25) is 0 Å². The van der Waals surface area contributed by atoms with Gasteiger partial charge in [-0.15, -0.1) is 0 Å². The van der Waals surface area contributed by atoms with Crippen LogP contribution >= 0.6 is 0 Å². The molecule has 18 heavy (non-hydrogen) atoms. The van der Waals surface area contributed by atoms with Gasteiger partial charge in [-0.3, -0.25) is 20.4 Å². The zero-order valence-corrected chi connectivity index (χ0v) is 9.18. The number of nitrogens with two attached hydrogens (primary N) is 1. The van der Waals surface area contributed by atoms with Gasteiger partial charge in [0, 0.05) is 18.5 Å². The lowest BCUT2D eigenvalue weighted by Gasteiger charge is -2.07. The molecule has 92 valence electrons. The first-order valence-electron chi connectivity index (χ1n) is 4.98. The van der Waals surface area contributed by atoms with E-state index in [4.69, 9.17) is 5.84 Å². The molecule has 0 radical (unpaired) electrons. The minimum absolute atomic E-state index is 0.228. The molecule has 2 heterocycles. The average molecular weight is 246 g/mol. The van der Waals surface area contributed by atoms with E-state index in [-0.39, 0.29) is 16.9 Å². The molecule has 0 bridgehead atoms. The zero-order chi connectivity index (χ0) is 13.0. The number of hydrogen-bond acceptors (Lipinski definition) is 6. The van der Waals surface area contributed by atoms with E-state index in [0.717, 1.165) is 0 Å². The molecule has 1 amide bonds. The number of nitrogen functional groups attached to an aromatic ring is 1. The molecular formula is C10H10N6O2. The summed E-state index contributed by atoms with van der Waals surface area (Å²) >= 11 is 0. The Morgan fingerprint density at radius 2 is 2.17 bits per heavy atom. The van der Waals surface area contributed by atoms with E-state index in [9.17, 15) is 9.59 Å². The molecular weight excluding hydrogens is 236 g/mol. The molecule has 0 aliphatic heterocycles. The number of aromatic amines is 1. The van der Waals surface area contributed by atoms with Crippen molar-refractivity contribution < 1.29 is 4.79 Å². The molecule has 8 heteroatoms. The zero-order valence-electron chi connectivity index (χ0n) is 9.18. The van der Waals surface area contributed by atoms with Crippen LogP contribution in [0, 0.1) is 0 Å². The molecule has 0 unspecified atom stereocenters. The van der Waals surface area contributed by atoms with Crippen LogP contribution in [0.4, 0.5) is 11.5 Å². The van der Waals surface area contributed by atoms with Crippen LogP contribution in [-0.2, 0) is 0 Å². The molecule has 2 aromatic heterocycles. The van der Waals surface area contributed by atoms with Crippen LogP contribution in [0.3, 0.4) is 0 Å². The van der Waals surface area contributed by atoms with Crippen LogP contribution in [0.2, 0.25) is 0 Å². The Hall–Kier alpha value is -2.74. The Kier molecular flexibility index (Phi) is 3.30.